The first-order chi connectivity index (χ1) is 26.9. The third-order valence-corrected chi connectivity index (χ3v) is 12.6. The van der Waals surface area contributed by atoms with Gasteiger partial charge in [-0.05, 0) is 63.1 Å². The second-order valence-corrected chi connectivity index (χ2v) is 16.1. The van der Waals surface area contributed by atoms with Gasteiger partial charge in [-0.2, -0.15) is 26.3 Å². The lowest BCUT2D eigenvalue weighted by atomic mass is 9.78. The topological polar surface area (TPSA) is 130 Å². The number of hydrogen-bond acceptors (Lipinski definition) is 8. The van der Waals surface area contributed by atoms with Gasteiger partial charge in [0, 0.05) is 49.3 Å². The Balaban J connectivity index is 1.28. The van der Waals surface area contributed by atoms with E-state index in [0.29, 0.717) is 48.3 Å². The van der Waals surface area contributed by atoms with E-state index in [2.05, 4.69) is 4.98 Å². The number of benzene rings is 1. The zero-order valence-electron chi connectivity index (χ0n) is 31.3. The molecule has 2 saturated heterocycles. The molecule has 2 aliphatic heterocycles. The molecule has 6 rings (SSSR count). The molecule has 17 heteroatoms. The van der Waals surface area contributed by atoms with Crippen LogP contribution in [0.15, 0.2) is 54.0 Å². The van der Waals surface area contributed by atoms with Crippen molar-refractivity contribution in [3.8, 4) is 11.5 Å². The molecule has 0 radical (unpaired) electrons. The normalized spacial score (nSPS) is 22.3. The standard InChI is InChI=1S/C40H45F6N3O7S/c1-2-9-30-38(56-26-24-31(57-25-26)40(44,45)46,15-8-20-49(30)33(50)32-28(39(41,42)43)11-7-19-47-32)34(51)48-21-16-37(54,17-22-48)27-10-3-4-12-29(27)55-23-18-36(35(52)53)13-5-6-14-36/h3-4,7,10-12,19,24-25,30,54H,2,5-6,8-9,13-18,20-23H2,1H3,(H,52,53)/t30-,38+/m1/s1. The van der Waals surface area contributed by atoms with E-state index in [1.54, 1.807) is 31.2 Å². The van der Waals surface area contributed by atoms with Crippen LogP contribution in [0.25, 0.3) is 0 Å². The first-order valence-electron chi connectivity index (χ1n) is 19.1. The highest BCUT2D eigenvalue weighted by atomic mass is 32.1. The number of carbonyl (C=O) groups excluding carboxylic acids is 2. The van der Waals surface area contributed by atoms with Gasteiger partial charge in [-0.3, -0.25) is 19.4 Å². The van der Waals surface area contributed by atoms with Crippen molar-refractivity contribution in [2.24, 2.45) is 5.41 Å². The number of hydrogen-bond donors (Lipinski definition) is 2. The Morgan fingerprint density at radius 2 is 1.63 bits per heavy atom. The first kappa shape index (κ1) is 42.2. The number of carboxylic acids is 1. The number of alkyl halides is 6. The molecule has 57 heavy (non-hydrogen) atoms. The molecule has 0 bridgehead atoms. The highest BCUT2D eigenvalue weighted by Crippen LogP contribution is 2.45. The summed E-state index contributed by atoms with van der Waals surface area (Å²) >= 11 is 0.362. The summed E-state index contributed by atoms with van der Waals surface area (Å²) in [6.07, 6.45) is -5.07. The van der Waals surface area contributed by atoms with E-state index in [0.717, 1.165) is 47.5 Å². The first-order valence-corrected chi connectivity index (χ1v) is 20.0. The van der Waals surface area contributed by atoms with Gasteiger partial charge in [0.25, 0.3) is 11.8 Å². The summed E-state index contributed by atoms with van der Waals surface area (Å²) in [5.74, 6) is -2.52. The Morgan fingerprint density at radius 1 is 0.930 bits per heavy atom. The maximum atomic E-state index is 15.0. The number of ether oxygens (including phenoxy) is 2. The third-order valence-electron chi connectivity index (χ3n) is 11.6. The van der Waals surface area contributed by atoms with Crippen LogP contribution in [0.1, 0.15) is 104 Å². The van der Waals surface area contributed by atoms with Gasteiger partial charge in [-0.25, -0.2) is 0 Å². The minimum absolute atomic E-state index is 0.00883. The molecule has 3 fully saturated rings. The number of aliphatic carboxylic acids is 1. The SMILES string of the molecule is CCC[C@H]1N(C(=O)c2ncccc2C(F)(F)F)CCC[C@@]1(Oc1csc(C(F)(F)F)c1)C(=O)N1CCC(O)(c2ccccc2OCCC2(C(=O)O)CCCC2)CC1. The molecule has 3 aromatic rings. The molecule has 4 heterocycles. The van der Waals surface area contributed by atoms with Crippen LogP contribution in [-0.2, 0) is 27.5 Å². The fourth-order valence-corrected chi connectivity index (χ4v) is 9.33. The summed E-state index contributed by atoms with van der Waals surface area (Å²) in [6.45, 7) is 1.71. The minimum atomic E-state index is -4.92. The average Bonchev–Trinajstić information content (AvgIpc) is 3.86. The van der Waals surface area contributed by atoms with Crippen molar-refractivity contribution in [1.82, 2.24) is 14.8 Å². The number of nitrogens with zero attached hydrogens (tertiary/aromatic N) is 3. The van der Waals surface area contributed by atoms with Crippen LogP contribution in [0, 0.1) is 5.41 Å². The van der Waals surface area contributed by atoms with E-state index in [4.69, 9.17) is 9.47 Å². The largest absolute Gasteiger partial charge is 0.493 e. The number of likely N-dealkylation sites (tertiary alicyclic amines) is 2. The fraction of sp³-hybridized carbons (Fsp3) is 0.550. The number of thiophene rings is 1. The molecular weight excluding hydrogens is 781 g/mol. The van der Waals surface area contributed by atoms with E-state index in [9.17, 15) is 50.9 Å². The van der Waals surface area contributed by atoms with E-state index in [1.807, 2.05) is 0 Å². The third kappa shape index (κ3) is 8.59. The number of halogens is 6. The molecule has 1 saturated carbocycles. The monoisotopic (exact) mass is 825 g/mol. The second kappa shape index (κ2) is 16.5. The van der Waals surface area contributed by atoms with Gasteiger partial charge >= 0.3 is 18.3 Å². The molecule has 2 amide bonds. The molecule has 1 aliphatic carbocycles. The Labute approximate surface area is 329 Å². The van der Waals surface area contributed by atoms with Crippen molar-refractivity contribution in [1.29, 1.82) is 0 Å². The number of pyridine rings is 1. The van der Waals surface area contributed by atoms with Crippen LogP contribution in [0.5, 0.6) is 11.5 Å². The van der Waals surface area contributed by atoms with E-state index in [1.165, 1.54) is 4.90 Å². The molecule has 0 spiro atoms. The van der Waals surface area contributed by atoms with Crippen LogP contribution in [0.2, 0.25) is 0 Å². The predicted molar refractivity (Wildman–Crippen MR) is 196 cm³/mol. The molecule has 310 valence electrons. The van der Waals surface area contributed by atoms with Crippen molar-refractivity contribution in [3.63, 3.8) is 0 Å². The van der Waals surface area contributed by atoms with Crippen LogP contribution in [0.3, 0.4) is 0 Å². The van der Waals surface area contributed by atoms with Gasteiger partial charge in [0.15, 0.2) is 0 Å². The van der Waals surface area contributed by atoms with Gasteiger partial charge < -0.3 is 29.5 Å². The van der Waals surface area contributed by atoms with Crippen molar-refractivity contribution >= 4 is 29.1 Å². The van der Waals surface area contributed by atoms with Gasteiger partial charge in [0.1, 0.15) is 22.1 Å². The summed E-state index contributed by atoms with van der Waals surface area (Å²) in [5.41, 5.74) is -6.03. The highest BCUT2D eigenvalue weighted by molar-refractivity contribution is 7.10. The maximum Gasteiger partial charge on any atom is 0.425 e. The molecule has 3 aliphatic rings. The molecule has 2 aromatic heterocycles. The zero-order valence-corrected chi connectivity index (χ0v) is 32.1. The number of amides is 2. The summed E-state index contributed by atoms with van der Waals surface area (Å²) in [5, 5.41) is 23.0. The van der Waals surface area contributed by atoms with E-state index in [-0.39, 0.29) is 64.1 Å². The average molecular weight is 826 g/mol. The van der Waals surface area contributed by atoms with Crippen LogP contribution < -0.4 is 9.47 Å². The van der Waals surface area contributed by atoms with E-state index >= 15 is 0 Å². The quantitative estimate of drug-likeness (QED) is 0.175. The number of aromatic nitrogens is 1. The van der Waals surface area contributed by atoms with Gasteiger partial charge in [0.05, 0.1) is 29.2 Å². The van der Waals surface area contributed by atoms with Gasteiger partial charge in [-0.1, -0.05) is 44.4 Å². The van der Waals surface area contributed by atoms with Crippen molar-refractivity contribution in [2.45, 2.75) is 107 Å². The van der Waals surface area contributed by atoms with Crippen molar-refractivity contribution < 1.29 is 60.4 Å². The Kier molecular flexibility index (Phi) is 12.2. The number of rotatable bonds is 12. The summed E-state index contributed by atoms with van der Waals surface area (Å²) in [6, 6.07) is 8.19. The maximum absolute atomic E-state index is 15.0. The summed E-state index contributed by atoms with van der Waals surface area (Å²) in [7, 11) is 0. The number of aliphatic hydroxyl groups is 1. The number of para-hydroxylation sites is 1. The number of carboxylic acid groups (broad SMARTS) is 1. The molecule has 2 N–H and O–H groups in total. The van der Waals surface area contributed by atoms with Crippen LogP contribution in [0.4, 0.5) is 26.3 Å². The summed E-state index contributed by atoms with van der Waals surface area (Å²) < 4.78 is 95.8. The molecular formula is C40H45F6N3O7S. The zero-order chi connectivity index (χ0) is 41.2. The lowest BCUT2D eigenvalue weighted by Crippen LogP contribution is -2.68. The molecule has 2 atom stereocenters. The molecule has 0 unspecified atom stereocenters. The number of piperidine rings is 2. The Hall–Kier alpha value is -4.38. The fourth-order valence-electron chi connectivity index (χ4n) is 8.65. The van der Waals surface area contributed by atoms with Crippen LogP contribution in [-0.4, -0.2) is 80.7 Å². The lowest BCUT2D eigenvalue weighted by Gasteiger charge is -2.51. The molecule has 10 nitrogen and oxygen atoms in total. The van der Waals surface area contributed by atoms with Crippen molar-refractivity contribution in [3.05, 3.63) is 75.7 Å². The second-order valence-electron chi connectivity index (χ2n) is 15.2. The minimum Gasteiger partial charge on any atom is -0.493 e. The van der Waals surface area contributed by atoms with E-state index < -0.39 is 68.9 Å². The Bertz CT molecular complexity index is 1920. The van der Waals surface area contributed by atoms with Crippen LogP contribution >= 0.6 is 11.3 Å². The van der Waals surface area contributed by atoms with Crippen molar-refractivity contribution in [2.75, 3.05) is 26.2 Å². The smallest absolute Gasteiger partial charge is 0.425 e. The van der Waals surface area contributed by atoms with Gasteiger partial charge in [-0.15, -0.1) is 11.3 Å². The predicted octanol–water partition coefficient (Wildman–Crippen LogP) is 8.33. The van der Waals surface area contributed by atoms with Gasteiger partial charge in [0.2, 0.25) is 5.60 Å². The summed E-state index contributed by atoms with van der Waals surface area (Å²) in [4.78, 5) is 46.4. The molecule has 1 aromatic carbocycles. The lowest BCUT2D eigenvalue weighted by molar-refractivity contribution is -0.163. The number of carbonyl (C=O) groups is 3. The highest BCUT2D eigenvalue weighted by Gasteiger charge is 2.57. The Morgan fingerprint density at radius 3 is 2.26 bits per heavy atom.